The van der Waals surface area contributed by atoms with Gasteiger partial charge in [-0.05, 0) is 19.4 Å². The van der Waals surface area contributed by atoms with Crippen LogP contribution in [0.2, 0.25) is 0 Å². The summed E-state index contributed by atoms with van der Waals surface area (Å²) >= 11 is 0. The summed E-state index contributed by atoms with van der Waals surface area (Å²) in [6, 6.07) is 7.48. The Balaban J connectivity index is 1.89. The number of rotatable bonds is 6. The molecule has 0 radical (unpaired) electrons. The third kappa shape index (κ3) is 3.24. The van der Waals surface area contributed by atoms with Gasteiger partial charge in [0.15, 0.2) is 0 Å². The fourth-order valence-corrected chi connectivity index (χ4v) is 2.02. The molecule has 2 rings (SSSR count). The molecule has 2 atom stereocenters. The molecule has 1 aromatic rings. The second kappa shape index (κ2) is 5.73. The van der Waals surface area contributed by atoms with Crippen LogP contribution in [-0.4, -0.2) is 23.6 Å². The van der Waals surface area contributed by atoms with Gasteiger partial charge < -0.3 is 15.2 Å². The number of carboxylic acid groups (broad SMARTS) is 1. The Morgan fingerprint density at radius 3 is 2.74 bits per heavy atom. The molecule has 2 N–H and O–H groups in total. The van der Waals surface area contributed by atoms with E-state index in [9.17, 15) is 9.59 Å². The fourth-order valence-electron chi connectivity index (χ4n) is 2.02. The molecule has 1 saturated carbocycles. The van der Waals surface area contributed by atoms with Crippen LogP contribution in [0.1, 0.15) is 18.9 Å². The number of carbonyl (C=O) groups excluding carboxylic acids is 1. The largest absolute Gasteiger partial charge is 0.494 e. The van der Waals surface area contributed by atoms with Crippen LogP contribution in [0.15, 0.2) is 24.3 Å². The van der Waals surface area contributed by atoms with E-state index in [2.05, 4.69) is 5.32 Å². The van der Waals surface area contributed by atoms with Gasteiger partial charge in [-0.3, -0.25) is 9.59 Å². The van der Waals surface area contributed by atoms with E-state index in [1.54, 1.807) is 0 Å². The van der Waals surface area contributed by atoms with Gasteiger partial charge in [0.25, 0.3) is 0 Å². The van der Waals surface area contributed by atoms with E-state index in [0.717, 1.165) is 11.3 Å². The summed E-state index contributed by atoms with van der Waals surface area (Å²) in [5.41, 5.74) is 0.894. The van der Waals surface area contributed by atoms with Crippen molar-refractivity contribution in [2.24, 2.45) is 11.8 Å². The first kappa shape index (κ1) is 13.4. The molecule has 0 spiro atoms. The molecule has 1 amide bonds. The van der Waals surface area contributed by atoms with Gasteiger partial charge in [-0.2, -0.15) is 0 Å². The van der Waals surface area contributed by atoms with Crippen molar-refractivity contribution in [2.75, 3.05) is 6.61 Å². The van der Waals surface area contributed by atoms with Crippen LogP contribution in [-0.2, 0) is 16.1 Å². The highest BCUT2D eigenvalue weighted by atomic mass is 16.5. The van der Waals surface area contributed by atoms with Crippen LogP contribution in [0.5, 0.6) is 5.75 Å². The smallest absolute Gasteiger partial charge is 0.307 e. The Morgan fingerprint density at radius 2 is 2.11 bits per heavy atom. The zero-order chi connectivity index (χ0) is 13.8. The second-order valence-electron chi connectivity index (χ2n) is 4.55. The lowest BCUT2D eigenvalue weighted by molar-refractivity contribution is -0.140. The van der Waals surface area contributed by atoms with Gasteiger partial charge in [-0.25, -0.2) is 0 Å². The molecule has 1 aliphatic carbocycles. The molecular weight excluding hydrogens is 246 g/mol. The van der Waals surface area contributed by atoms with Gasteiger partial charge in [0.1, 0.15) is 5.75 Å². The molecule has 0 saturated heterocycles. The van der Waals surface area contributed by atoms with Gasteiger partial charge in [0.2, 0.25) is 5.91 Å². The number of aliphatic carboxylic acids is 1. The Bertz CT molecular complexity index is 486. The number of hydrogen-bond donors (Lipinski definition) is 2. The van der Waals surface area contributed by atoms with E-state index < -0.39 is 11.9 Å². The molecule has 5 heteroatoms. The van der Waals surface area contributed by atoms with Crippen molar-refractivity contribution in [1.82, 2.24) is 5.32 Å². The highest BCUT2D eigenvalue weighted by Gasteiger charge is 2.48. The van der Waals surface area contributed by atoms with Crippen LogP contribution in [0, 0.1) is 11.8 Å². The first-order valence-corrected chi connectivity index (χ1v) is 6.34. The first-order chi connectivity index (χ1) is 9.13. The van der Waals surface area contributed by atoms with Crippen molar-refractivity contribution >= 4 is 11.9 Å². The Morgan fingerprint density at radius 1 is 1.37 bits per heavy atom. The molecule has 1 aliphatic rings. The SMILES string of the molecule is CCOc1ccccc1CNC(=O)C1CC1C(=O)O. The van der Waals surface area contributed by atoms with Crippen LogP contribution in [0.4, 0.5) is 0 Å². The zero-order valence-electron chi connectivity index (χ0n) is 10.8. The third-order valence-electron chi connectivity index (χ3n) is 3.17. The van der Waals surface area contributed by atoms with E-state index in [4.69, 9.17) is 9.84 Å². The number of hydrogen-bond acceptors (Lipinski definition) is 3. The monoisotopic (exact) mass is 263 g/mol. The number of ether oxygens (including phenoxy) is 1. The normalized spacial score (nSPS) is 20.7. The lowest BCUT2D eigenvalue weighted by atomic mass is 10.2. The number of benzene rings is 1. The van der Waals surface area contributed by atoms with E-state index >= 15 is 0 Å². The van der Waals surface area contributed by atoms with Crippen LogP contribution in [0.25, 0.3) is 0 Å². The first-order valence-electron chi connectivity index (χ1n) is 6.34. The zero-order valence-corrected chi connectivity index (χ0v) is 10.8. The second-order valence-corrected chi connectivity index (χ2v) is 4.55. The van der Waals surface area contributed by atoms with Crippen molar-refractivity contribution in [2.45, 2.75) is 19.9 Å². The number of carbonyl (C=O) groups is 2. The lowest BCUT2D eigenvalue weighted by Crippen LogP contribution is -2.26. The summed E-state index contributed by atoms with van der Waals surface area (Å²) in [6.45, 7) is 2.82. The molecule has 0 heterocycles. The van der Waals surface area contributed by atoms with Crippen molar-refractivity contribution in [3.8, 4) is 5.75 Å². The average molecular weight is 263 g/mol. The lowest BCUT2D eigenvalue weighted by Gasteiger charge is -2.10. The van der Waals surface area contributed by atoms with Gasteiger partial charge >= 0.3 is 5.97 Å². The van der Waals surface area contributed by atoms with E-state index in [0.29, 0.717) is 19.6 Å². The minimum absolute atomic E-state index is 0.196. The maximum Gasteiger partial charge on any atom is 0.307 e. The molecule has 1 fully saturated rings. The molecule has 19 heavy (non-hydrogen) atoms. The van der Waals surface area contributed by atoms with Crippen molar-refractivity contribution in [1.29, 1.82) is 0 Å². The Hall–Kier alpha value is -2.04. The fraction of sp³-hybridized carbons (Fsp3) is 0.429. The summed E-state index contributed by atoms with van der Waals surface area (Å²) in [4.78, 5) is 22.4. The highest BCUT2D eigenvalue weighted by Crippen LogP contribution is 2.38. The van der Waals surface area contributed by atoms with Crippen molar-refractivity contribution in [3.63, 3.8) is 0 Å². The molecule has 0 bridgehead atoms. The molecule has 5 nitrogen and oxygen atoms in total. The summed E-state index contributed by atoms with van der Waals surface area (Å²) in [6.07, 6.45) is 0.439. The van der Waals surface area contributed by atoms with Crippen molar-refractivity contribution in [3.05, 3.63) is 29.8 Å². The third-order valence-corrected chi connectivity index (χ3v) is 3.17. The predicted molar refractivity (Wildman–Crippen MR) is 68.7 cm³/mol. The maximum atomic E-state index is 11.7. The predicted octanol–water partition coefficient (Wildman–Crippen LogP) is 1.42. The highest BCUT2D eigenvalue weighted by molar-refractivity contribution is 5.89. The minimum atomic E-state index is -0.894. The number of para-hydroxylation sites is 1. The Kier molecular flexibility index (Phi) is 4.04. The molecule has 0 aromatic heterocycles. The standard InChI is InChI=1S/C14H17NO4/c1-2-19-12-6-4-3-5-9(12)8-15-13(16)10-7-11(10)14(17)18/h3-6,10-11H,2,7-8H2,1H3,(H,15,16)(H,17,18). The minimum Gasteiger partial charge on any atom is -0.494 e. The Labute approximate surface area is 111 Å². The van der Waals surface area contributed by atoms with Gasteiger partial charge in [0, 0.05) is 12.1 Å². The molecule has 1 aromatic carbocycles. The van der Waals surface area contributed by atoms with Gasteiger partial charge in [-0.15, -0.1) is 0 Å². The van der Waals surface area contributed by atoms with E-state index in [1.807, 2.05) is 31.2 Å². The van der Waals surface area contributed by atoms with Gasteiger partial charge in [-0.1, -0.05) is 18.2 Å². The van der Waals surface area contributed by atoms with Crippen LogP contribution < -0.4 is 10.1 Å². The van der Waals surface area contributed by atoms with Crippen molar-refractivity contribution < 1.29 is 19.4 Å². The summed E-state index contributed by atoms with van der Waals surface area (Å²) in [5, 5.41) is 11.5. The quantitative estimate of drug-likeness (QED) is 0.814. The van der Waals surface area contributed by atoms with Crippen LogP contribution >= 0.6 is 0 Å². The number of carboxylic acids is 1. The summed E-state index contributed by atoms with van der Waals surface area (Å²) < 4.78 is 5.46. The van der Waals surface area contributed by atoms with E-state index in [-0.39, 0.29) is 11.8 Å². The summed E-state index contributed by atoms with van der Waals surface area (Å²) in [5.74, 6) is -1.23. The maximum absolute atomic E-state index is 11.7. The van der Waals surface area contributed by atoms with Crippen LogP contribution in [0.3, 0.4) is 0 Å². The summed E-state index contributed by atoms with van der Waals surface area (Å²) in [7, 11) is 0. The number of nitrogens with one attached hydrogen (secondary N) is 1. The van der Waals surface area contributed by atoms with Gasteiger partial charge in [0.05, 0.1) is 18.4 Å². The molecule has 2 unspecified atom stereocenters. The molecular formula is C14H17NO4. The topological polar surface area (TPSA) is 75.6 Å². The number of amides is 1. The molecule has 0 aliphatic heterocycles. The molecule has 102 valence electrons. The van der Waals surface area contributed by atoms with E-state index in [1.165, 1.54) is 0 Å². The average Bonchev–Trinajstić information content (AvgIpc) is 3.18.